The average molecular weight is 425 g/mol. The maximum Gasteiger partial charge on any atom is 0.123 e. The normalized spacial score (nSPS) is 15.6. The second kappa shape index (κ2) is 12.0. The lowest BCUT2D eigenvalue weighted by atomic mass is 9.86. The van der Waals surface area contributed by atoms with Gasteiger partial charge in [-0.05, 0) is 79.5 Å². The van der Waals surface area contributed by atoms with E-state index < -0.39 is 6.10 Å². The van der Waals surface area contributed by atoms with Gasteiger partial charge < -0.3 is 10.2 Å². The summed E-state index contributed by atoms with van der Waals surface area (Å²) in [5, 5.41) is 20.4. The summed E-state index contributed by atoms with van der Waals surface area (Å²) in [7, 11) is 0. The van der Waals surface area contributed by atoms with Gasteiger partial charge in [-0.1, -0.05) is 68.3 Å². The number of hydrogen-bond acceptors (Lipinski definition) is 2. The van der Waals surface area contributed by atoms with Crippen molar-refractivity contribution in [1.82, 2.24) is 0 Å². The molecule has 0 heterocycles. The Kier molecular flexibility index (Phi) is 9.67. The van der Waals surface area contributed by atoms with Crippen LogP contribution in [0.3, 0.4) is 0 Å². The number of allylic oxidation sites excluding steroid dienone is 4. The summed E-state index contributed by atoms with van der Waals surface area (Å²) in [6, 6.07) is 12.9. The largest absolute Gasteiger partial charge is 0.396 e. The molecule has 0 aromatic heterocycles. The first-order valence-corrected chi connectivity index (χ1v) is 11.2. The number of hydrogen-bond donors (Lipinski definition) is 2. The molecule has 0 spiro atoms. The molecule has 2 aromatic rings. The van der Waals surface area contributed by atoms with Gasteiger partial charge in [0.05, 0.1) is 12.7 Å². The molecule has 0 aliphatic heterocycles. The zero-order chi connectivity index (χ0) is 23.0. The van der Waals surface area contributed by atoms with Gasteiger partial charge in [0.1, 0.15) is 5.82 Å². The average Bonchev–Trinajstić information content (AvgIpc) is 2.77. The number of rotatable bonds is 10. The Labute approximate surface area is 187 Å². The molecule has 3 heteroatoms. The van der Waals surface area contributed by atoms with E-state index in [1.807, 2.05) is 6.92 Å². The Morgan fingerprint density at radius 1 is 1.06 bits per heavy atom. The van der Waals surface area contributed by atoms with Gasteiger partial charge in [-0.2, -0.15) is 0 Å². The molecule has 0 bridgehead atoms. The standard InChI is InChI=1S/C28H37FO2/c1-6-20(3)28(31)17-26(18-30)24-10-9-22(5)25(16-24)15-19(2)7-8-21(4)23-11-13-27(29)14-12-23/h7-14,16,20,26,28,30-31H,6,15,17-18H2,1-5H3/b19-7+,21-8+/t20-,26?,28?/m0/s1. The molecule has 2 aromatic carbocycles. The van der Waals surface area contributed by atoms with Crippen LogP contribution in [0, 0.1) is 18.7 Å². The number of benzene rings is 2. The molecule has 2 rings (SSSR count). The van der Waals surface area contributed by atoms with Crippen LogP contribution in [0.4, 0.5) is 4.39 Å². The molecule has 31 heavy (non-hydrogen) atoms. The van der Waals surface area contributed by atoms with E-state index in [0.29, 0.717) is 6.42 Å². The van der Waals surface area contributed by atoms with Crippen molar-refractivity contribution in [3.63, 3.8) is 0 Å². The monoisotopic (exact) mass is 424 g/mol. The van der Waals surface area contributed by atoms with Crippen molar-refractivity contribution in [2.45, 2.75) is 65.9 Å². The van der Waals surface area contributed by atoms with Crippen molar-refractivity contribution in [2.75, 3.05) is 6.61 Å². The van der Waals surface area contributed by atoms with Crippen LogP contribution < -0.4 is 0 Å². The van der Waals surface area contributed by atoms with Gasteiger partial charge in [0.25, 0.3) is 0 Å². The van der Waals surface area contributed by atoms with Gasteiger partial charge in [-0.3, -0.25) is 0 Å². The van der Waals surface area contributed by atoms with Gasteiger partial charge in [0.15, 0.2) is 0 Å². The fourth-order valence-electron chi connectivity index (χ4n) is 3.68. The highest BCUT2D eigenvalue weighted by Crippen LogP contribution is 2.27. The molecule has 2 unspecified atom stereocenters. The van der Waals surface area contributed by atoms with Crippen molar-refractivity contribution in [3.8, 4) is 0 Å². The number of aliphatic hydroxyl groups is 2. The Bertz CT molecular complexity index is 896. The zero-order valence-electron chi connectivity index (χ0n) is 19.5. The van der Waals surface area contributed by atoms with E-state index >= 15 is 0 Å². The quantitative estimate of drug-likeness (QED) is 0.422. The minimum absolute atomic E-state index is 0.0322. The highest BCUT2D eigenvalue weighted by molar-refractivity contribution is 5.65. The first kappa shape index (κ1) is 25.0. The summed E-state index contributed by atoms with van der Waals surface area (Å²) in [4.78, 5) is 0. The molecular formula is C28H37FO2. The first-order valence-electron chi connectivity index (χ1n) is 11.2. The fraction of sp³-hybridized carbons (Fsp3) is 0.429. The molecule has 0 fully saturated rings. The van der Waals surface area contributed by atoms with Crippen LogP contribution in [0.1, 0.15) is 68.7 Å². The van der Waals surface area contributed by atoms with Gasteiger partial charge in [0.2, 0.25) is 0 Å². The third-order valence-electron chi connectivity index (χ3n) is 6.28. The van der Waals surface area contributed by atoms with Crippen molar-refractivity contribution in [3.05, 3.63) is 88.3 Å². The smallest absolute Gasteiger partial charge is 0.123 e. The minimum Gasteiger partial charge on any atom is -0.396 e. The van der Waals surface area contributed by atoms with Crippen LogP contribution in [-0.4, -0.2) is 22.9 Å². The lowest BCUT2D eigenvalue weighted by molar-refractivity contribution is 0.0879. The van der Waals surface area contributed by atoms with Crippen LogP contribution in [0.2, 0.25) is 0 Å². The van der Waals surface area contributed by atoms with E-state index in [2.05, 4.69) is 58.0 Å². The maximum atomic E-state index is 13.1. The zero-order valence-corrected chi connectivity index (χ0v) is 19.5. The molecule has 0 amide bonds. The predicted molar refractivity (Wildman–Crippen MR) is 129 cm³/mol. The lowest BCUT2D eigenvalue weighted by Crippen LogP contribution is -2.21. The molecule has 168 valence electrons. The van der Waals surface area contributed by atoms with Crippen molar-refractivity contribution < 1.29 is 14.6 Å². The Morgan fingerprint density at radius 2 is 1.74 bits per heavy atom. The van der Waals surface area contributed by atoms with Crippen LogP contribution in [0.5, 0.6) is 0 Å². The number of aryl methyl sites for hydroxylation is 1. The fourth-order valence-corrected chi connectivity index (χ4v) is 3.68. The van der Waals surface area contributed by atoms with E-state index in [1.165, 1.54) is 28.8 Å². The molecule has 0 radical (unpaired) electrons. The van der Waals surface area contributed by atoms with E-state index in [-0.39, 0.29) is 24.3 Å². The number of halogens is 1. The Morgan fingerprint density at radius 3 is 2.35 bits per heavy atom. The topological polar surface area (TPSA) is 40.5 Å². The van der Waals surface area contributed by atoms with E-state index in [9.17, 15) is 14.6 Å². The number of aliphatic hydroxyl groups excluding tert-OH is 2. The SMILES string of the molecule is CC[C@H](C)C(O)CC(CO)c1ccc(C)c(C/C(C)=C/C=C(\C)c2ccc(F)cc2)c1. The van der Waals surface area contributed by atoms with Crippen LogP contribution in [0.25, 0.3) is 5.57 Å². The minimum atomic E-state index is -0.409. The summed E-state index contributed by atoms with van der Waals surface area (Å²) >= 11 is 0. The van der Waals surface area contributed by atoms with E-state index in [4.69, 9.17) is 0 Å². The van der Waals surface area contributed by atoms with Crippen LogP contribution in [0.15, 0.2) is 60.2 Å². The second-order valence-electron chi connectivity index (χ2n) is 8.80. The third-order valence-corrected chi connectivity index (χ3v) is 6.28. The molecule has 0 saturated carbocycles. The molecule has 3 atom stereocenters. The van der Waals surface area contributed by atoms with E-state index in [1.54, 1.807) is 12.1 Å². The van der Waals surface area contributed by atoms with Gasteiger partial charge in [0, 0.05) is 5.92 Å². The Balaban J connectivity index is 2.16. The molecular weight excluding hydrogens is 387 g/mol. The molecule has 0 aliphatic rings. The second-order valence-corrected chi connectivity index (χ2v) is 8.80. The van der Waals surface area contributed by atoms with Gasteiger partial charge in [-0.25, -0.2) is 4.39 Å². The van der Waals surface area contributed by atoms with Crippen molar-refractivity contribution in [1.29, 1.82) is 0 Å². The van der Waals surface area contributed by atoms with Crippen molar-refractivity contribution in [2.24, 2.45) is 5.92 Å². The summed E-state index contributed by atoms with van der Waals surface area (Å²) in [6.07, 6.45) is 6.09. The summed E-state index contributed by atoms with van der Waals surface area (Å²) in [5.41, 5.74) is 6.85. The molecule has 2 nitrogen and oxygen atoms in total. The van der Waals surface area contributed by atoms with Gasteiger partial charge >= 0.3 is 0 Å². The van der Waals surface area contributed by atoms with E-state index in [0.717, 1.165) is 29.5 Å². The van der Waals surface area contributed by atoms with Gasteiger partial charge in [-0.15, -0.1) is 0 Å². The summed E-state index contributed by atoms with van der Waals surface area (Å²) in [6.45, 7) is 10.4. The third kappa shape index (κ3) is 7.45. The van der Waals surface area contributed by atoms with Crippen LogP contribution >= 0.6 is 0 Å². The highest BCUT2D eigenvalue weighted by Gasteiger charge is 2.20. The summed E-state index contributed by atoms with van der Waals surface area (Å²) in [5.74, 6) is -0.0648. The van der Waals surface area contributed by atoms with Crippen molar-refractivity contribution >= 4 is 5.57 Å². The predicted octanol–water partition coefficient (Wildman–Crippen LogP) is 6.60. The lowest BCUT2D eigenvalue weighted by Gasteiger charge is -2.23. The van der Waals surface area contributed by atoms with Crippen LogP contribution in [-0.2, 0) is 6.42 Å². The molecule has 0 saturated heterocycles. The highest BCUT2D eigenvalue weighted by atomic mass is 19.1. The molecule has 2 N–H and O–H groups in total. The maximum absolute atomic E-state index is 13.1. The molecule has 0 aliphatic carbocycles. The Hall–Kier alpha value is -2.23. The summed E-state index contributed by atoms with van der Waals surface area (Å²) < 4.78 is 13.1. The first-order chi connectivity index (χ1) is 14.7.